The summed E-state index contributed by atoms with van der Waals surface area (Å²) in [6.07, 6.45) is 5.25. The zero-order valence-electron chi connectivity index (χ0n) is 14.5. The lowest BCUT2D eigenvalue weighted by molar-refractivity contribution is 0.225. The Hall–Kier alpha value is -1.10. The molecule has 122 valence electrons. The maximum absolute atomic E-state index is 12.6. The van der Waals surface area contributed by atoms with Crippen molar-refractivity contribution in [2.24, 2.45) is 18.4 Å². The highest BCUT2D eigenvalue weighted by atomic mass is 32.2. The van der Waals surface area contributed by atoms with E-state index in [9.17, 15) is 4.79 Å². The van der Waals surface area contributed by atoms with Crippen molar-refractivity contribution >= 4 is 17.3 Å². The summed E-state index contributed by atoms with van der Waals surface area (Å²) in [6, 6.07) is 0. The van der Waals surface area contributed by atoms with E-state index in [1.165, 1.54) is 0 Å². The van der Waals surface area contributed by atoms with Crippen LogP contribution in [0.1, 0.15) is 59.6 Å². The van der Waals surface area contributed by atoms with Crippen molar-refractivity contribution in [1.29, 1.82) is 0 Å². The molecule has 0 fully saturated rings. The molecule has 1 atom stereocenters. The number of nitrogens with zero attached hydrogens (tertiary/aromatic N) is 3. The molecule has 0 spiro atoms. The van der Waals surface area contributed by atoms with Crippen LogP contribution in [-0.2, 0) is 7.05 Å². The zero-order chi connectivity index (χ0) is 16.5. The molecular weight excluding hydrogens is 294 g/mol. The lowest BCUT2D eigenvalue weighted by Crippen LogP contribution is -2.27. The molecule has 1 aliphatic carbocycles. The van der Waals surface area contributed by atoms with E-state index in [1.54, 1.807) is 23.4 Å². The minimum atomic E-state index is -0.0291. The normalized spacial score (nSPS) is 19.4. The molecule has 5 heteroatoms. The summed E-state index contributed by atoms with van der Waals surface area (Å²) in [5.74, 6) is 0.670. The van der Waals surface area contributed by atoms with Crippen molar-refractivity contribution < 1.29 is 0 Å². The van der Waals surface area contributed by atoms with E-state index in [1.807, 2.05) is 0 Å². The largest absolute Gasteiger partial charge is 0.287 e. The highest BCUT2D eigenvalue weighted by Crippen LogP contribution is 2.38. The van der Waals surface area contributed by atoms with Crippen molar-refractivity contribution in [3.05, 3.63) is 22.1 Å². The van der Waals surface area contributed by atoms with Gasteiger partial charge in [-0.15, -0.1) is 10.2 Å². The van der Waals surface area contributed by atoms with E-state index in [-0.39, 0.29) is 5.56 Å². The van der Waals surface area contributed by atoms with Crippen LogP contribution >= 0.6 is 11.8 Å². The molecule has 1 aromatic heterocycles. The van der Waals surface area contributed by atoms with Crippen LogP contribution in [0.5, 0.6) is 0 Å². The molecule has 2 rings (SSSR count). The van der Waals surface area contributed by atoms with Gasteiger partial charge in [-0.05, 0) is 36.2 Å². The van der Waals surface area contributed by atoms with Crippen LogP contribution in [0.3, 0.4) is 0 Å². The maximum Gasteiger partial charge on any atom is 0.280 e. The summed E-state index contributed by atoms with van der Waals surface area (Å²) in [5.41, 5.74) is 1.88. The number of hydrogen-bond donors (Lipinski definition) is 0. The van der Waals surface area contributed by atoms with Gasteiger partial charge in [-0.2, -0.15) is 0 Å². The minimum absolute atomic E-state index is 0.0291. The molecule has 0 saturated heterocycles. The topological polar surface area (TPSA) is 47.8 Å². The third-order valence-corrected chi connectivity index (χ3v) is 5.35. The van der Waals surface area contributed by atoms with Crippen LogP contribution in [0.2, 0.25) is 0 Å². The van der Waals surface area contributed by atoms with E-state index in [4.69, 9.17) is 0 Å². The predicted octanol–water partition coefficient (Wildman–Crippen LogP) is 3.91. The van der Waals surface area contributed by atoms with Crippen LogP contribution in [-0.4, -0.2) is 20.0 Å². The van der Waals surface area contributed by atoms with Crippen molar-refractivity contribution in [2.45, 2.75) is 64.3 Å². The first kappa shape index (κ1) is 17.3. The summed E-state index contributed by atoms with van der Waals surface area (Å²) in [4.78, 5) is 12.6. The van der Waals surface area contributed by atoms with Gasteiger partial charge in [-0.25, -0.2) is 0 Å². The molecule has 0 aromatic carbocycles. The van der Waals surface area contributed by atoms with Crippen LogP contribution < -0.4 is 5.56 Å². The number of allylic oxidation sites excluding steroid dienone is 2. The lowest BCUT2D eigenvalue weighted by Gasteiger charge is -2.33. The first-order chi connectivity index (χ1) is 10.2. The second-order valence-corrected chi connectivity index (χ2v) is 8.97. The molecule has 1 aliphatic rings. The Balaban J connectivity index is 2.26. The molecule has 1 aromatic rings. The van der Waals surface area contributed by atoms with E-state index in [2.05, 4.69) is 50.9 Å². The Kier molecular flexibility index (Phi) is 5.15. The van der Waals surface area contributed by atoms with Crippen molar-refractivity contribution in [3.8, 4) is 0 Å². The summed E-state index contributed by atoms with van der Waals surface area (Å²) < 4.78 is 1.63. The van der Waals surface area contributed by atoms with Crippen LogP contribution in [0, 0.1) is 11.3 Å². The highest BCUT2D eigenvalue weighted by molar-refractivity contribution is 7.99. The molecule has 1 heterocycles. The third-order valence-electron chi connectivity index (χ3n) is 4.31. The van der Waals surface area contributed by atoms with Crippen molar-refractivity contribution in [1.82, 2.24) is 14.8 Å². The maximum atomic E-state index is 12.6. The van der Waals surface area contributed by atoms with Gasteiger partial charge in [-0.3, -0.25) is 9.36 Å². The number of thioether (sulfide) groups is 1. The van der Waals surface area contributed by atoms with E-state index in [0.29, 0.717) is 27.4 Å². The Morgan fingerprint density at radius 1 is 1.32 bits per heavy atom. The third kappa shape index (κ3) is 3.80. The van der Waals surface area contributed by atoms with E-state index >= 15 is 0 Å². The average molecular weight is 321 g/mol. The average Bonchev–Trinajstić information content (AvgIpc) is 2.43. The van der Waals surface area contributed by atoms with Crippen LogP contribution in [0.4, 0.5) is 0 Å². The van der Waals surface area contributed by atoms with Gasteiger partial charge in [0.15, 0.2) is 10.9 Å². The molecular formula is C17H27N3OS. The van der Waals surface area contributed by atoms with Gasteiger partial charge in [0.05, 0.1) is 0 Å². The Labute approximate surface area is 137 Å². The Bertz CT molecular complexity index is 626. The SMILES string of the molecule is CC(C)Sc1nnc(C2=CCC(C(C)(C)C)CC2)c(=O)n1C. The van der Waals surface area contributed by atoms with Gasteiger partial charge in [0.1, 0.15) is 0 Å². The standard InChI is InChI=1S/C17H27N3OS/c1-11(2)22-16-19-18-14(15(21)20(16)6)12-7-9-13(10-8-12)17(3,4)5/h7,11,13H,8-10H2,1-6H3. The Morgan fingerprint density at radius 3 is 2.50 bits per heavy atom. The van der Waals surface area contributed by atoms with Crippen LogP contribution in [0.25, 0.3) is 5.57 Å². The van der Waals surface area contributed by atoms with Gasteiger partial charge in [-0.1, -0.05) is 52.5 Å². The number of aromatic nitrogens is 3. The molecule has 4 nitrogen and oxygen atoms in total. The molecule has 22 heavy (non-hydrogen) atoms. The van der Waals surface area contributed by atoms with Crippen LogP contribution in [0.15, 0.2) is 16.0 Å². The quantitative estimate of drug-likeness (QED) is 0.792. The van der Waals surface area contributed by atoms with Gasteiger partial charge in [0.25, 0.3) is 5.56 Å². The highest BCUT2D eigenvalue weighted by Gasteiger charge is 2.27. The zero-order valence-corrected chi connectivity index (χ0v) is 15.3. The first-order valence-corrected chi connectivity index (χ1v) is 8.88. The second kappa shape index (κ2) is 6.57. The molecule has 0 aliphatic heterocycles. The van der Waals surface area contributed by atoms with Gasteiger partial charge in [0.2, 0.25) is 0 Å². The fraction of sp³-hybridized carbons (Fsp3) is 0.706. The second-order valence-electron chi connectivity index (χ2n) is 7.43. The van der Waals surface area contributed by atoms with E-state index in [0.717, 1.165) is 24.8 Å². The minimum Gasteiger partial charge on any atom is -0.287 e. The molecule has 0 amide bonds. The fourth-order valence-electron chi connectivity index (χ4n) is 2.80. The van der Waals surface area contributed by atoms with Crippen molar-refractivity contribution in [3.63, 3.8) is 0 Å². The monoisotopic (exact) mass is 321 g/mol. The summed E-state index contributed by atoms with van der Waals surface area (Å²) in [5, 5.41) is 9.56. The lowest BCUT2D eigenvalue weighted by atomic mass is 9.73. The molecule has 0 saturated carbocycles. The molecule has 1 unspecified atom stereocenters. The summed E-state index contributed by atoms with van der Waals surface area (Å²) >= 11 is 1.57. The summed E-state index contributed by atoms with van der Waals surface area (Å²) in [6.45, 7) is 11.0. The Morgan fingerprint density at radius 2 is 2.00 bits per heavy atom. The number of rotatable bonds is 3. The summed E-state index contributed by atoms with van der Waals surface area (Å²) in [7, 11) is 1.78. The molecule has 0 bridgehead atoms. The first-order valence-electron chi connectivity index (χ1n) is 8.00. The molecule has 0 radical (unpaired) electrons. The smallest absolute Gasteiger partial charge is 0.280 e. The number of hydrogen-bond acceptors (Lipinski definition) is 4. The van der Waals surface area contributed by atoms with Crippen molar-refractivity contribution in [2.75, 3.05) is 0 Å². The van der Waals surface area contributed by atoms with Gasteiger partial charge >= 0.3 is 0 Å². The van der Waals surface area contributed by atoms with Gasteiger partial charge in [0, 0.05) is 12.3 Å². The fourth-order valence-corrected chi connectivity index (χ4v) is 3.55. The predicted molar refractivity (Wildman–Crippen MR) is 93.0 cm³/mol. The van der Waals surface area contributed by atoms with Gasteiger partial charge < -0.3 is 0 Å². The molecule has 0 N–H and O–H groups in total. The van der Waals surface area contributed by atoms with E-state index < -0.39 is 0 Å².